The summed E-state index contributed by atoms with van der Waals surface area (Å²) < 4.78 is 11.8. The molecule has 0 amide bonds. The molecule has 1 saturated heterocycles. The molecule has 4 aliphatic carbocycles. The maximum atomic E-state index is 10.5. The lowest BCUT2D eigenvalue weighted by atomic mass is 9.50. The summed E-state index contributed by atoms with van der Waals surface area (Å²) >= 11 is 0. The van der Waals surface area contributed by atoms with Crippen molar-refractivity contribution in [3.05, 3.63) is 35.5 Å². The number of hydrogen-bond donors (Lipinski definition) is 4. The minimum atomic E-state index is -1.41. The molecule has 232 valence electrons. The Morgan fingerprint density at radius 1 is 0.951 bits per heavy atom. The third kappa shape index (κ3) is 5.55. The van der Waals surface area contributed by atoms with Gasteiger partial charge in [0, 0.05) is 0 Å². The summed E-state index contributed by atoms with van der Waals surface area (Å²) in [6.07, 6.45) is 12.6. The molecular weight excluding hydrogens is 516 g/mol. The number of hydrogen-bond acceptors (Lipinski definition) is 6. The van der Waals surface area contributed by atoms with Crippen LogP contribution in [0.1, 0.15) is 92.9 Å². The Bertz CT molecular complexity index is 1020. The summed E-state index contributed by atoms with van der Waals surface area (Å²) in [5, 5.41) is 40.3. The van der Waals surface area contributed by atoms with Gasteiger partial charge in [-0.15, -0.1) is 0 Å². The number of fused-ring (bicyclic) bond motifs is 5. The van der Waals surface area contributed by atoms with Gasteiger partial charge in [-0.2, -0.15) is 0 Å². The molecule has 6 nitrogen and oxygen atoms in total. The number of rotatable bonds is 8. The molecular formula is C35H56O6. The Morgan fingerprint density at radius 3 is 2.39 bits per heavy atom. The predicted octanol–water partition coefficient (Wildman–Crippen LogP) is 5.55. The fraction of sp³-hybridized carbons (Fsp3) is 0.829. The Hall–Kier alpha value is -1.02. The topological polar surface area (TPSA) is 99.4 Å². The summed E-state index contributed by atoms with van der Waals surface area (Å²) in [4.78, 5) is 0. The van der Waals surface area contributed by atoms with E-state index >= 15 is 0 Å². The van der Waals surface area contributed by atoms with Crippen LogP contribution in [0.25, 0.3) is 0 Å². The highest BCUT2D eigenvalue weighted by Crippen LogP contribution is 2.66. The number of ether oxygens (including phenoxy) is 2. The maximum Gasteiger partial charge on any atom is 0.186 e. The second-order valence-electron chi connectivity index (χ2n) is 14.9. The van der Waals surface area contributed by atoms with E-state index in [0.29, 0.717) is 35.0 Å². The second kappa shape index (κ2) is 12.2. The molecule has 5 rings (SSSR count). The molecule has 0 radical (unpaired) electrons. The zero-order chi connectivity index (χ0) is 29.7. The van der Waals surface area contributed by atoms with Gasteiger partial charge in [0.05, 0.1) is 12.7 Å². The standard InChI is InChI=1S/C35H56O6/c1-7-22(20(2)3)9-8-21(4)26-12-13-27-25-11-10-23-18-24(14-16-34(23,5)28(25)15-17-35(26,27)6)40-33-32(39)31(38)30(37)29(19-36)41-33/h8-11,20-22,24,26-33,36-39H,7,12-19H2,1-6H3/t21-,22-,24+,26-,27+,28+,29-,30-,31+,32-,33-,34+,35-/m1/s1. The average molecular weight is 573 g/mol. The minimum Gasteiger partial charge on any atom is -0.394 e. The van der Waals surface area contributed by atoms with E-state index in [1.807, 2.05) is 0 Å². The number of aliphatic hydroxyl groups is 4. The molecule has 6 heteroatoms. The van der Waals surface area contributed by atoms with Crippen molar-refractivity contribution in [3.63, 3.8) is 0 Å². The van der Waals surface area contributed by atoms with E-state index in [1.54, 1.807) is 5.57 Å². The lowest BCUT2D eigenvalue weighted by Gasteiger charge is -2.55. The Kier molecular flexibility index (Phi) is 9.32. The van der Waals surface area contributed by atoms with Crippen LogP contribution in [0.15, 0.2) is 35.5 Å². The van der Waals surface area contributed by atoms with E-state index in [2.05, 4.69) is 65.8 Å². The molecule has 4 fully saturated rings. The van der Waals surface area contributed by atoms with Crippen LogP contribution in [0.5, 0.6) is 0 Å². The summed E-state index contributed by atoms with van der Waals surface area (Å²) in [7, 11) is 0. The van der Waals surface area contributed by atoms with Crippen molar-refractivity contribution in [2.24, 2.45) is 46.3 Å². The van der Waals surface area contributed by atoms with Crippen LogP contribution >= 0.6 is 0 Å². The van der Waals surface area contributed by atoms with E-state index in [1.165, 1.54) is 37.7 Å². The van der Waals surface area contributed by atoms with Crippen LogP contribution in [0.4, 0.5) is 0 Å². The first kappa shape index (κ1) is 31.4. The highest BCUT2D eigenvalue weighted by molar-refractivity contribution is 5.39. The molecule has 0 unspecified atom stereocenters. The Balaban J connectivity index is 1.29. The van der Waals surface area contributed by atoms with Gasteiger partial charge in [0.1, 0.15) is 24.4 Å². The first-order chi connectivity index (χ1) is 19.4. The number of aliphatic hydroxyl groups excluding tert-OH is 4. The summed E-state index contributed by atoms with van der Waals surface area (Å²) in [6, 6.07) is 0. The molecule has 13 atom stereocenters. The highest BCUT2D eigenvalue weighted by atomic mass is 16.7. The Morgan fingerprint density at radius 2 is 1.71 bits per heavy atom. The van der Waals surface area contributed by atoms with Crippen molar-refractivity contribution >= 4 is 0 Å². The van der Waals surface area contributed by atoms with Crippen LogP contribution in [0.3, 0.4) is 0 Å². The maximum absolute atomic E-state index is 10.5. The van der Waals surface area contributed by atoms with Gasteiger partial charge in [0.15, 0.2) is 6.29 Å². The van der Waals surface area contributed by atoms with Gasteiger partial charge in [0.25, 0.3) is 0 Å². The minimum absolute atomic E-state index is 0.121. The lowest BCUT2D eigenvalue weighted by Crippen LogP contribution is -2.60. The third-order valence-corrected chi connectivity index (χ3v) is 12.4. The van der Waals surface area contributed by atoms with Crippen LogP contribution in [-0.4, -0.2) is 63.8 Å². The normalized spacial score (nSPS) is 46.0. The van der Waals surface area contributed by atoms with Crippen molar-refractivity contribution in [2.75, 3.05) is 6.61 Å². The molecule has 41 heavy (non-hydrogen) atoms. The highest BCUT2D eigenvalue weighted by Gasteiger charge is 2.57. The molecule has 5 aliphatic rings. The van der Waals surface area contributed by atoms with Gasteiger partial charge >= 0.3 is 0 Å². The predicted molar refractivity (Wildman–Crippen MR) is 161 cm³/mol. The molecule has 1 aliphatic heterocycles. The second-order valence-corrected chi connectivity index (χ2v) is 14.9. The molecule has 3 saturated carbocycles. The van der Waals surface area contributed by atoms with Gasteiger partial charge in [-0.25, -0.2) is 0 Å². The van der Waals surface area contributed by atoms with Crippen LogP contribution in [-0.2, 0) is 9.47 Å². The van der Waals surface area contributed by atoms with Crippen molar-refractivity contribution in [1.29, 1.82) is 0 Å². The van der Waals surface area contributed by atoms with Crippen molar-refractivity contribution in [3.8, 4) is 0 Å². The van der Waals surface area contributed by atoms with E-state index in [4.69, 9.17) is 9.47 Å². The third-order valence-electron chi connectivity index (χ3n) is 12.4. The molecule has 0 bridgehead atoms. The molecule has 0 aromatic carbocycles. The van der Waals surface area contributed by atoms with Gasteiger partial charge < -0.3 is 29.9 Å². The van der Waals surface area contributed by atoms with Crippen molar-refractivity contribution in [2.45, 2.75) is 130 Å². The van der Waals surface area contributed by atoms with Gasteiger partial charge in [0.2, 0.25) is 0 Å². The van der Waals surface area contributed by atoms with E-state index in [9.17, 15) is 20.4 Å². The Labute approximate surface area is 247 Å². The SMILES string of the molecule is CC[C@H](C=C[C@@H](C)[C@H]1CC[C@H]2C3=CC=C4C[C@@H](O[C@@H]5O[C@H](CO)[C@@H](O)[C@H](O)[C@H]5O)CC[C@]4(C)[C@H]3CC[C@]12C)C(C)C. The molecule has 0 spiro atoms. The fourth-order valence-electron chi connectivity index (χ4n) is 9.64. The first-order valence-corrected chi connectivity index (χ1v) is 16.5. The van der Waals surface area contributed by atoms with Crippen molar-refractivity contribution in [1.82, 2.24) is 0 Å². The van der Waals surface area contributed by atoms with Gasteiger partial charge in [-0.1, -0.05) is 77.0 Å². The molecule has 4 N–H and O–H groups in total. The van der Waals surface area contributed by atoms with Crippen LogP contribution in [0.2, 0.25) is 0 Å². The van der Waals surface area contributed by atoms with E-state index in [-0.39, 0.29) is 11.5 Å². The number of allylic oxidation sites excluding steroid dienone is 5. The summed E-state index contributed by atoms with van der Waals surface area (Å²) in [5.41, 5.74) is 3.58. The molecule has 1 heterocycles. The quantitative estimate of drug-likeness (QED) is 0.285. The zero-order valence-electron chi connectivity index (χ0n) is 26.2. The average Bonchev–Trinajstić information content (AvgIpc) is 3.30. The van der Waals surface area contributed by atoms with E-state index in [0.717, 1.165) is 25.2 Å². The van der Waals surface area contributed by atoms with Gasteiger partial charge in [-0.05, 0) is 97.7 Å². The van der Waals surface area contributed by atoms with Gasteiger partial charge in [-0.3, -0.25) is 0 Å². The molecule has 0 aromatic rings. The largest absolute Gasteiger partial charge is 0.394 e. The lowest BCUT2D eigenvalue weighted by molar-refractivity contribution is -0.312. The monoisotopic (exact) mass is 572 g/mol. The zero-order valence-corrected chi connectivity index (χ0v) is 26.2. The smallest absolute Gasteiger partial charge is 0.186 e. The van der Waals surface area contributed by atoms with E-state index < -0.39 is 37.3 Å². The summed E-state index contributed by atoms with van der Waals surface area (Å²) in [6.45, 7) is 14.0. The molecule has 0 aromatic heterocycles. The van der Waals surface area contributed by atoms with Crippen LogP contribution in [0, 0.1) is 46.3 Å². The first-order valence-electron chi connectivity index (χ1n) is 16.5. The van der Waals surface area contributed by atoms with Crippen LogP contribution < -0.4 is 0 Å². The fourth-order valence-corrected chi connectivity index (χ4v) is 9.64. The summed E-state index contributed by atoms with van der Waals surface area (Å²) in [5.74, 6) is 3.93. The van der Waals surface area contributed by atoms with Crippen molar-refractivity contribution < 1.29 is 29.9 Å².